The number of hydrogen-bond acceptors (Lipinski definition) is 5. The molecule has 32 heavy (non-hydrogen) atoms. The van der Waals surface area contributed by atoms with E-state index < -0.39 is 0 Å². The Morgan fingerprint density at radius 2 is 1.75 bits per heavy atom. The van der Waals surface area contributed by atoms with Crippen molar-refractivity contribution in [2.24, 2.45) is 0 Å². The maximum atomic E-state index is 13.1. The van der Waals surface area contributed by atoms with Crippen molar-refractivity contribution in [2.45, 2.75) is 6.42 Å². The second-order valence-corrected chi connectivity index (χ2v) is 7.08. The summed E-state index contributed by atoms with van der Waals surface area (Å²) in [6.07, 6.45) is 2.39. The second kappa shape index (κ2) is 9.78. The summed E-state index contributed by atoms with van der Waals surface area (Å²) in [4.78, 5) is 17.4. The summed E-state index contributed by atoms with van der Waals surface area (Å²) in [5, 5.41) is 7.69. The molecule has 0 saturated carbocycles. The van der Waals surface area contributed by atoms with Crippen LogP contribution in [0.3, 0.4) is 0 Å². The normalized spacial score (nSPS) is 10.6. The molecule has 0 radical (unpaired) electrons. The SMILES string of the molecule is COc1ccc(-n2nc(-c3cccc(OC)c3)cc2C(=O)NCCc2ccccn2)cc1. The van der Waals surface area contributed by atoms with E-state index in [1.54, 1.807) is 31.2 Å². The Hall–Kier alpha value is -4.13. The Balaban J connectivity index is 1.63. The fourth-order valence-corrected chi connectivity index (χ4v) is 3.33. The van der Waals surface area contributed by atoms with Crippen molar-refractivity contribution in [3.8, 4) is 28.4 Å². The van der Waals surface area contributed by atoms with Gasteiger partial charge in [-0.2, -0.15) is 5.10 Å². The van der Waals surface area contributed by atoms with Crippen LogP contribution < -0.4 is 14.8 Å². The van der Waals surface area contributed by atoms with Crippen LogP contribution in [-0.2, 0) is 6.42 Å². The quantitative estimate of drug-likeness (QED) is 0.460. The Morgan fingerprint density at radius 1 is 0.938 bits per heavy atom. The molecule has 162 valence electrons. The Bertz CT molecular complexity index is 1190. The highest BCUT2D eigenvalue weighted by Gasteiger charge is 2.18. The van der Waals surface area contributed by atoms with E-state index in [2.05, 4.69) is 10.3 Å². The molecule has 7 heteroatoms. The summed E-state index contributed by atoms with van der Waals surface area (Å²) in [5.74, 6) is 1.25. The molecule has 0 aliphatic heterocycles. The van der Waals surface area contributed by atoms with E-state index in [1.165, 1.54) is 0 Å². The van der Waals surface area contributed by atoms with Crippen molar-refractivity contribution in [2.75, 3.05) is 20.8 Å². The first-order valence-electron chi connectivity index (χ1n) is 10.2. The number of amides is 1. The van der Waals surface area contributed by atoms with E-state index >= 15 is 0 Å². The van der Waals surface area contributed by atoms with Crippen LogP contribution in [0, 0.1) is 0 Å². The number of carbonyl (C=O) groups excluding carboxylic acids is 1. The molecule has 1 amide bonds. The number of rotatable bonds is 8. The molecule has 0 saturated heterocycles. The van der Waals surface area contributed by atoms with Crippen LogP contribution >= 0.6 is 0 Å². The largest absolute Gasteiger partial charge is 0.497 e. The van der Waals surface area contributed by atoms with Gasteiger partial charge in [-0.05, 0) is 54.6 Å². The molecular weight excluding hydrogens is 404 g/mol. The molecule has 0 spiro atoms. The molecule has 0 fully saturated rings. The number of carbonyl (C=O) groups is 1. The van der Waals surface area contributed by atoms with E-state index in [4.69, 9.17) is 14.6 Å². The predicted molar refractivity (Wildman–Crippen MR) is 122 cm³/mol. The molecule has 7 nitrogen and oxygen atoms in total. The van der Waals surface area contributed by atoms with E-state index in [0.29, 0.717) is 24.4 Å². The maximum absolute atomic E-state index is 13.1. The van der Waals surface area contributed by atoms with Crippen LogP contribution in [-0.4, -0.2) is 41.4 Å². The molecule has 4 aromatic rings. The Kier molecular flexibility index (Phi) is 6.46. The molecule has 0 bridgehead atoms. The number of nitrogens with one attached hydrogen (secondary N) is 1. The van der Waals surface area contributed by atoms with Gasteiger partial charge in [-0.25, -0.2) is 4.68 Å². The van der Waals surface area contributed by atoms with E-state index in [0.717, 1.165) is 28.4 Å². The van der Waals surface area contributed by atoms with Crippen LogP contribution in [0.4, 0.5) is 0 Å². The first-order valence-corrected chi connectivity index (χ1v) is 10.2. The van der Waals surface area contributed by atoms with Gasteiger partial charge in [0.15, 0.2) is 0 Å². The predicted octanol–water partition coefficient (Wildman–Crippen LogP) is 3.92. The van der Waals surface area contributed by atoms with Crippen LogP contribution in [0.2, 0.25) is 0 Å². The van der Waals surface area contributed by atoms with Gasteiger partial charge in [0, 0.05) is 30.4 Å². The van der Waals surface area contributed by atoms with Crippen LogP contribution in [0.5, 0.6) is 11.5 Å². The fraction of sp³-hybridized carbons (Fsp3) is 0.160. The molecule has 2 aromatic carbocycles. The Labute approximate surface area is 186 Å². The van der Waals surface area contributed by atoms with Crippen molar-refractivity contribution >= 4 is 5.91 Å². The molecule has 1 N–H and O–H groups in total. The smallest absolute Gasteiger partial charge is 0.270 e. The lowest BCUT2D eigenvalue weighted by molar-refractivity contribution is 0.0946. The number of methoxy groups -OCH3 is 2. The molecule has 2 aromatic heterocycles. The van der Waals surface area contributed by atoms with E-state index in [1.807, 2.05) is 66.7 Å². The van der Waals surface area contributed by atoms with Gasteiger partial charge in [0.05, 0.1) is 25.6 Å². The standard InChI is InChI=1S/C25H24N4O3/c1-31-21-11-9-20(10-12-21)29-24(25(30)27-15-13-19-7-3-4-14-26-19)17-23(28-29)18-6-5-8-22(16-18)32-2/h3-12,14,16-17H,13,15H2,1-2H3,(H,27,30). The monoisotopic (exact) mass is 428 g/mol. The van der Waals surface area contributed by atoms with Gasteiger partial charge < -0.3 is 14.8 Å². The summed E-state index contributed by atoms with van der Waals surface area (Å²) in [6.45, 7) is 0.470. The van der Waals surface area contributed by atoms with Gasteiger partial charge in [0.25, 0.3) is 5.91 Å². The minimum absolute atomic E-state index is 0.210. The first-order chi connectivity index (χ1) is 15.7. The third kappa shape index (κ3) is 4.78. The molecule has 2 heterocycles. The first kappa shape index (κ1) is 21.1. The summed E-state index contributed by atoms with van der Waals surface area (Å²) in [7, 11) is 3.24. The van der Waals surface area contributed by atoms with Crippen molar-refractivity contribution < 1.29 is 14.3 Å². The molecule has 0 aliphatic rings. The number of benzene rings is 2. The highest BCUT2D eigenvalue weighted by atomic mass is 16.5. The summed E-state index contributed by atoms with van der Waals surface area (Å²) in [5.41, 5.74) is 3.66. The van der Waals surface area contributed by atoms with E-state index in [9.17, 15) is 4.79 Å². The number of pyridine rings is 1. The van der Waals surface area contributed by atoms with Crippen molar-refractivity contribution in [1.82, 2.24) is 20.1 Å². The average Bonchev–Trinajstić information content (AvgIpc) is 3.30. The Morgan fingerprint density at radius 3 is 2.47 bits per heavy atom. The molecule has 0 unspecified atom stereocenters. The lowest BCUT2D eigenvalue weighted by Crippen LogP contribution is -2.28. The summed E-state index contributed by atoms with van der Waals surface area (Å²) >= 11 is 0. The van der Waals surface area contributed by atoms with Gasteiger partial charge >= 0.3 is 0 Å². The lowest BCUT2D eigenvalue weighted by atomic mass is 10.1. The zero-order chi connectivity index (χ0) is 22.3. The van der Waals surface area contributed by atoms with Gasteiger partial charge in [0.1, 0.15) is 17.2 Å². The van der Waals surface area contributed by atoms with Crippen LogP contribution in [0.1, 0.15) is 16.2 Å². The molecule has 0 aliphatic carbocycles. The van der Waals surface area contributed by atoms with Crippen LogP contribution in [0.15, 0.2) is 79.0 Å². The third-order valence-corrected chi connectivity index (χ3v) is 5.02. The lowest BCUT2D eigenvalue weighted by Gasteiger charge is -2.09. The van der Waals surface area contributed by atoms with Gasteiger partial charge in [-0.1, -0.05) is 18.2 Å². The summed E-state index contributed by atoms with van der Waals surface area (Å²) < 4.78 is 12.2. The molecular formula is C25H24N4O3. The zero-order valence-electron chi connectivity index (χ0n) is 18.0. The van der Waals surface area contributed by atoms with Gasteiger partial charge in [-0.3, -0.25) is 9.78 Å². The van der Waals surface area contributed by atoms with Crippen molar-refractivity contribution in [3.63, 3.8) is 0 Å². The topological polar surface area (TPSA) is 78.3 Å². The van der Waals surface area contributed by atoms with Crippen molar-refractivity contribution in [3.05, 3.63) is 90.4 Å². The summed E-state index contributed by atoms with van der Waals surface area (Å²) in [6, 6.07) is 22.5. The van der Waals surface area contributed by atoms with Crippen molar-refractivity contribution in [1.29, 1.82) is 0 Å². The maximum Gasteiger partial charge on any atom is 0.270 e. The second-order valence-electron chi connectivity index (χ2n) is 7.08. The van der Waals surface area contributed by atoms with E-state index in [-0.39, 0.29) is 5.91 Å². The van der Waals surface area contributed by atoms with Gasteiger partial charge in [-0.15, -0.1) is 0 Å². The minimum atomic E-state index is -0.210. The third-order valence-electron chi connectivity index (χ3n) is 5.02. The number of hydrogen-bond donors (Lipinski definition) is 1. The number of ether oxygens (including phenoxy) is 2. The highest BCUT2D eigenvalue weighted by Crippen LogP contribution is 2.26. The minimum Gasteiger partial charge on any atom is -0.497 e. The molecule has 4 rings (SSSR count). The highest BCUT2D eigenvalue weighted by molar-refractivity contribution is 5.94. The zero-order valence-corrected chi connectivity index (χ0v) is 18.0. The molecule has 0 atom stereocenters. The average molecular weight is 428 g/mol. The van der Waals surface area contributed by atoms with Crippen LogP contribution in [0.25, 0.3) is 16.9 Å². The fourth-order valence-electron chi connectivity index (χ4n) is 3.33. The number of aromatic nitrogens is 3. The number of nitrogens with zero attached hydrogens (tertiary/aromatic N) is 3. The van der Waals surface area contributed by atoms with Gasteiger partial charge in [0.2, 0.25) is 0 Å².